The van der Waals surface area contributed by atoms with Gasteiger partial charge in [0, 0.05) is 5.56 Å². The van der Waals surface area contributed by atoms with E-state index in [0.717, 1.165) is 17.0 Å². The van der Waals surface area contributed by atoms with E-state index in [4.69, 9.17) is 4.74 Å². The fraction of sp³-hybridized carbons (Fsp3) is 0.133. The summed E-state index contributed by atoms with van der Waals surface area (Å²) in [4.78, 5) is 0. The standard InChI is InChI=1S/C15H16N2O/c1-2-18-15-11-7-6-8-13(15)12-16-17-14-9-4-3-5-10-14/h3-12,17H,2H2,1H3/b16-12-. The molecule has 1 N–H and O–H groups in total. The molecule has 0 heterocycles. The van der Waals surface area contributed by atoms with Crippen LogP contribution in [0.2, 0.25) is 0 Å². The molecule has 18 heavy (non-hydrogen) atoms. The molecule has 0 amide bonds. The van der Waals surface area contributed by atoms with Gasteiger partial charge in [-0.05, 0) is 31.2 Å². The van der Waals surface area contributed by atoms with Crippen molar-refractivity contribution in [1.82, 2.24) is 0 Å². The highest BCUT2D eigenvalue weighted by Gasteiger charge is 1.98. The molecule has 0 radical (unpaired) electrons. The van der Waals surface area contributed by atoms with E-state index in [0.29, 0.717) is 6.61 Å². The van der Waals surface area contributed by atoms with Gasteiger partial charge >= 0.3 is 0 Å². The minimum atomic E-state index is 0.650. The first-order chi connectivity index (χ1) is 8.90. The van der Waals surface area contributed by atoms with Gasteiger partial charge in [0.05, 0.1) is 18.5 Å². The van der Waals surface area contributed by atoms with Crippen LogP contribution < -0.4 is 10.2 Å². The fourth-order valence-corrected chi connectivity index (χ4v) is 1.56. The lowest BCUT2D eigenvalue weighted by Gasteiger charge is -2.06. The van der Waals surface area contributed by atoms with Gasteiger partial charge in [-0.15, -0.1) is 0 Å². The number of hydrogen-bond acceptors (Lipinski definition) is 3. The zero-order valence-corrected chi connectivity index (χ0v) is 10.3. The molecule has 0 bridgehead atoms. The summed E-state index contributed by atoms with van der Waals surface area (Å²) in [6.07, 6.45) is 1.76. The molecule has 0 aliphatic rings. The smallest absolute Gasteiger partial charge is 0.128 e. The molecule has 0 aliphatic heterocycles. The number of ether oxygens (including phenoxy) is 1. The molecule has 0 unspecified atom stereocenters. The average molecular weight is 240 g/mol. The average Bonchev–Trinajstić information content (AvgIpc) is 2.42. The molecule has 3 nitrogen and oxygen atoms in total. The first kappa shape index (κ1) is 12.2. The number of hydrazone groups is 1. The quantitative estimate of drug-likeness (QED) is 0.640. The molecule has 0 aromatic heterocycles. The summed E-state index contributed by atoms with van der Waals surface area (Å²) in [5.74, 6) is 0.846. The number of anilines is 1. The summed E-state index contributed by atoms with van der Waals surface area (Å²) in [5.41, 5.74) is 4.90. The maximum atomic E-state index is 5.52. The molecule has 2 rings (SSSR count). The van der Waals surface area contributed by atoms with Crippen molar-refractivity contribution in [3.8, 4) is 5.75 Å². The van der Waals surface area contributed by atoms with Crippen molar-refractivity contribution >= 4 is 11.9 Å². The van der Waals surface area contributed by atoms with Gasteiger partial charge in [0.25, 0.3) is 0 Å². The predicted molar refractivity (Wildman–Crippen MR) is 75.3 cm³/mol. The van der Waals surface area contributed by atoms with E-state index in [1.807, 2.05) is 61.5 Å². The molecule has 2 aromatic rings. The van der Waals surface area contributed by atoms with Crippen molar-refractivity contribution in [3.63, 3.8) is 0 Å². The molecule has 0 saturated carbocycles. The second kappa shape index (κ2) is 6.45. The van der Waals surface area contributed by atoms with E-state index in [-0.39, 0.29) is 0 Å². The molecule has 0 spiro atoms. The van der Waals surface area contributed by atoms with Gasteiger partial charge in [-0.25, -0.2) is 0 Å². The Bertz CT molecular complexity index is 509. The van der Waals surface area contributed by atoms with Gasteiger partial charge in [0.2, 0.25) is 0 Å². The van der Waals surface area contributed by atoms with Crippen LogP contribution in [0.1, 0.15) is 12.5 Å². The second-order valence-corrected chi connectivity index (χ2v) is 3.71. The molecular weight excluding hydrogens is 224 g/mol. The van der Waals surface area contributed by atoms with Gasteiger partial charge in [-0.1, -0.05) is 30.3 Å². The number of hydrogen-bond donors (Lipinski definition) is 1. The van der Waals surface area contributed by atoms with E-state index in [1.54, 1.807) is 6.21 Å². The number of nitrogens with one attached hydrogen (secondary N) is 1. The number of rotatable bonds is 5. The number of benzene rings is 2. The van der Waals surface area contributed by atoms with Crippen molar-refractivity contribution < 1.29 is 4.74 Å². The highest BCUT2D eigenvalue weighted by molar-refractivity contribution is 5.83. The first-order valence-corrected chi connectivity index (χ1v) is 5.96. The van der Waals surface area contributed by atoms with Gasteiger partial charge in [-0.2, -0.15) is 5.10 Å². The second-order valence-electron chi connectivity index (χ2n) is 3.71. The summed E-state index contributed by atoms with van der Waals surface area (Å²) in [6.45, 7) is 2.62. The van der Waals surface area contributed by atoms with Crippen LogP contribution in [-0.4, -0.2) is 12.8 Å². The van der Waals surface area contributed by atoms with Crippen molar-refractivity contribution in [2.24, 2.45) is 5.10 Å². The first-order valence-electron chi connectivity index (χ1n) is 5.96. The summed E-state index contributed by atoms with van der Waals surface area (Å²) in [6, 6.07) is 17.7. The lowest BCUT2D eigenvalue weighted by molar-refractivity contribution is 0.340. The van der Waals surface area contributed by atoms with Crippen LogP contribution >= 0.6 is 0 Å². The third-order valence-corrected chi connectivity index (χ3v) is 2.39. The SMILES string of the molecule is CCOc1ccccc1/C=N\Nc1ccccc1. The molecule has 0 saturated heterocycles. The van der Waals surface area contributed by atoms with Crippen LogP contribution in [0.5, 0.6) is 5.75 Å². The summed E-state index contributed by atoms with van der Waals surface area (Å²) >= 11 is 0. The van der Waals surface area contributed by atoms with Gasteiger partial charge in [0.1, 0.15) is 5.75 Å². The van der Waals surface area contributed by atoms with E-state index in [9.17, 15) is 0 Å². The topological polar surface area (TPSA) is 33.6 Å². The third kappa shape index (κ3) is 3.35. The summed E-state index contributed by atoms with van der Waals surface area (Å²) < 4.78 is 5.52. The minimum Gasteiger partial charge on any atom is -0.493 e. The molecule has 92 valence electrons. The maximum absolute atomic E-state index is 5.52. The van der Waals surface area contributed by atoms with Crippen LogP contribution in [0.3, 0.4) is 0 Å². The van der Waals surface area contributed by atoms with Crippen LogP contribution in [0.25, 0.3) is 0 Å². The Morgan fingerprint density at radius 2 is 1.78 bits per heavy atom. The van der Waals surface area contributed by atoms with Crippen molar-refractivity contribution in [2.45, 2.75) is 6.92 Å². The molecular formula is C15H16N2O. The molecule has 0 aliphatic carbocycles. The summed E-state index contributed by atoms with van der Waals surface area (Å²) in [7, 11) is 0. The lowest BCUT2D eigenvalue weighted by Crippen LogP contribution is -1.97. The zero-order valence-electron chi connectivity index (χ0n) is 10.3. The van der Waals surface area contributed by atoms with Crippen molar-refractivity contribution in [2.75, 3.05) is 12.0 Å². The van der Waals surface area contributed by atoms with Gasteiger partial charge in [0.15, 0.2) is 0 Å². The predicted octanol–water partition coefficient (Wildman–Crippen LogP) is 3.53. The van der Waals surface area contributed by atoms with Gasteiger partial charge in [-0.3, -0.25) is 5.43 Å². The molecule has 0 atom stereocenters. The van der Waals surface area contributed by atoms with Gasteiger partial charge < -0.3 is 4.74 Å². The Morgan fingerprint density at radius 1 is 1.06 bits per heavy atom. The molecule has 2 aromatic carbocycles. The van der Waals surface area contributed by atoms with Crippen LogP contribution in [0, 0.1) is 0 Å². The largest absolute Gasteiger partial charge is 0.493 e. The van der Waals surface area contributed by atoms with Crippen LogP contribution in [-0.2, 0) is 0 Å². The molecule has 0 fully saturated rings. The maximum Gasteiger partial charge on any atom is 0.128 e. The normalized spacial score (nSPS) is 10.5. The van der Waals surface area contributed by atoms with E-state index in [1.165, 1.54) is 0 Å². The van der Waals surface area contributed by atoms with Crippen LogP contribution in [0.15, 0.2) is 59.7 Å². The summed E-state index contributed by atoms with van der Waals surface area (Å²) in [5, 5.41) is 4.20. The lowest BCUT2D eigenvalue weighted by atomic mass is 10.2. The highest BCUT2D eigenvalue weighted by Crippen LogP contribution is 2.15. The van der Waals surface area contributed by atoms with E-state index in [2.05, 4.69) is 10.5 Å². The zero-order chi connectivity index (χ0) is 12.6. The Hall–Kier alpha value is -2.29. The highest BCUT2D eigenvalue weighted by atomic mass is 16.5. The fourth-order valence-electron chi connectivity index (χ4n) is 1.56. The van der Waals surface area contributed by atoms with Crippen molar-refractivity contribution in [1.29, 1.82) is 0 Å². The minimum absolute atomic E-state index is 0.650. The third-order valence-electron chi connectivity index (χ3n) is 2.39. The van der Waals surface area contributed by atoms with E-state index < -0.39 is 0 Å². The number of para-hydroxylation sites is 2. The Balaban J connectivity index is 2.05. The Kier molecular flexibility index (Phi) is 4.36. The molecule has 3 heteroatoms. The van der Waals surface area contributed by atoms with Crippen LogP contribution in [0.4, 0.5) is 5.69 Å². The Labute approximate surface area is 107 Å². The Morgan fingerprint density at radius 3 is 2.56 bits per heavy atom. The monoisotopic (exact) mass is 240 g/mol. The van der Waals surface area contributed by atoms with E-state index >= 15 is 0 Å². The number of nitrogens with zero attached hydrogens (tertiary/aromatic N) is 1. The van der Waals surface area contributed by atoms with Crippen molar-refractivity contribution in [3.05, 3.63) is 60.2 Å².